The number of alkyl halides is 3. The molecular formula is C13H16F3N3O2S. The highest BCUT2D eigenvalue weighted by atomic mass is 32.2. The minimum absolute atomic E-state index is 0.00535. The lowest BCUT2D eigenvalue weighted by Crippen LogP contribution is -2.23. The molecule has 1 aromatic heterocycles. The van der Waals surface area contributed by atoms with Crippen LogP contribution in [0.5, 0.6) is 0 Å². The van der Waals surface area contributed by atoms with Crippen molar-refractivity contribution in [2.45, 2.75) is 49.6 Å². The SMILES string of the molecule is O=C1CS[C@@H](C(F)(F)F)c2c(n(C3CCCCC3)[nH]c2=O)N1. The number of nitrogens with one attached hydrogen (secondary N) is 2. The molecule has 122 valence electrons. The van der Waals surface area contributed by atoms with Gasteiger partial charge in [0.1, 0.15) is 11.1 Å². The number of aromatic nitrogens is 2. The number of hydrogen-bond acceptors (Lipinski definition) is 3. The summed E-state index contributed by atoms with van der Waals surface area (Å²) in [6.45, 7) is 0. The molecule has 2 aliphatic rings. The van der Waals surface area contributed by atoms with Gasteiger partial charge < -0.3 is 5.32 Å². The van der Waals surface area contributed by atoms with Crippen LogP contribution in [0.4, 0.5) is 19.0 Å². The van der Waals surface area contributed by atoms with E-state index in [1.54, 1.807) is 0 Å². The van der Waals surface area contributed by atoms with Crippen molar-refractivity contribution in [1.29, 1.82) is 0 Å². The van der Waals surface area contributed by atoms with Gasteiger partial charge in [0.2, 0.25) is 5.91 Å². The average Bonchev–Trinajstić information content (AvgIpc) is 2.66. The maximum absolute atomic E-state index is 13.2. The first kappa shape index (κ1) is 15.5. The number of anilines is 1. The second-order valence-electron chi connectivity index (χ2n) is 5.65. The van der Waals surface area contributed by atoms with Crippen LogP contribution in [0.2, 0.25) is 0 Å². The fourth-order valence-corrected chi connectivity index (χ4v) is 4.08. The Bertz CT molecular complexity index is 631. The summed E-state index contributed by atoms with van der Waals surface area (Å²) in [6, 6.07) is -0.0671. The molecule has 1 aliphatic carbocycles. The molecule has 0 radical (unpaired) electrons. The first-order chi connectivity index (χ1) is 10.4. The van der Waals surface area contributed by atoms with Gasteiger partial charge in [-0.25, -0.2) is 0 Å². The van der Waals surface area contributed by atoms with E-state index in [2.05, 4.69) is 10.4 Å². The van der Waals surface area contributed by atoms with Crippen LogP contribution in [0.3, 0.4) is 0 Å². The lowest BCUT2D eigenvalue weighted by molar-refractivity contribution is -0.129. The lowest BCUT2D eigenvalue weighted by Gasteiger charge is -2.25. The van der Waals surface area contributed by atoms with E-state index in [0.29, 0.717) is 11.8 Å². The van der Waals surface area contributed by atoms with Gasteiger partial charge in [0.05, 0.1) is 17.4 Å². The molecule has 5 nitrogen and oxygen atoms in total. The third-order valence-corrected chi connectivity index (χ3v) is 5.37. The third kappa shape index (κ3) is 2.78. The number of thioether (sulfide) groups is 1. The fraction of sp³-hybridized carbons (Fsp3) is 0.692. The number of fused-ring (bicyclic) bond motifs is 1. The summed E-state index contributed by atoms with van der Waals surface area (Å²) in [5.41, 5.74) is -1.15. The van der Waals surface area contributed by atoms with Crippen LogP contribution in [0.25, 0.3) is 0 Å². The molecule has 2 heterocycles. The number of aromatic amines is 1. The molecule has 1 fully saturated rings. The highest BCUT2D eigenvalue weighted by Crippen LogP contribution is 2.46. The van der Waals surface area contributed by atoms with Gasteiger partial charge in [-0.15, -0.1) is 11.8 Å². The van der Waals surface area contributed by atoms with E-state index in [9.17, 15) is 22.8 Å². The number of carbonyl (C=O) groups is 1. The molecule has 0 aromatic carbocycles. The van der Waals surface area contributed by atoms with Crippen molar-refractivity contribution < 1.29 is 18.0 Å². The topological polar surface area (TPSA) is 66.9 Å². The van der Waals surface area contributed by atoms with Crippen molar-refractivity contribution in [3.63, 3.8) is 0 Å². The number of nitrogens with zero attached hydrogens (tertiary/aromatic N) is 1. The van der Waals surface area contributed by atoms with E-state index < -0.39 is 22.9 Å². The summed E-state index contributed by atoms with van der Waals surface area (Å²) in [6.07, 6.45) is 0.0126. The predicted octanol–water partition coefficient (Wildman–Crippen LogP) is 2.97. The van der Waals surface area contributed by atoms with E-state index in [4.69, 9.17) is 0 Å². The van der Waals surface area contributed by atoms with Crippen molar-refractivity contribution in [2.75, 3.05) is 11.1 Å². The van der Waals surface area contributed by atoms with E-state index in [-0.39, 0.29) is 23.2 Å². The zero-order valence-corrected chi connectivity index (χ0v) is 12.5. The Kier molecular flexibility index (Phi) is 4.00. The maximum atomic E-state index is 13.2. The Hall–Kier alpha value is -1.38. The van der Waals surface area contributed by atoms with Gasteiger partial charge in [0, 0.05) is 0 Å². The van der Waals surface area contributed by atoms with E-state index >= 15 is 0 Å². The van der Waals surface area contributed by atoms with Gasteiger partial charge >= 0.3 is 6.18 Å². The monoisotopic (exact) mass is 335 g/mol. The molecule has 2 N–H and O–H groups in total. The first-order valence-corrected chi connectivity index (χ1v) is 8.25. The minimum Gasteiger partial charge on any atom is -0.310 e. The molecule has 1 atom stereocenters. The van der Waals surface area contributed by atoms with Crippen molar-refractivity contribution in [3.05, 3.63) is 15.9 Å². The minimum atomic E-state index is -4.57. The Balaban J connectivity index is 2.09. The number of rotatable bonds is 1. The molecular weight excluding hydrogens is 319 g/mol. The number of hydrogen-bond donors (Lipinski definition) is 2. The summed E-state index contributed by atoms with van der Waals surface area (Å²) in [5, 5.41) is 3.01. The summed E-state index contributed by atoms with van der Waals surface area (Å²) in [7, 11) is 0. The van der Waals surface area contributed by atoms with Gasteiger partial charge in [-0.05, 0) is 12.8 Å². The molecule has 0 unspecified atom stereocenters. The van der Waals surface area contributed by atoms with Crippen molar-refractivity contribution in [1.82, 2.24) is 9.78 Å². The molecule has 9 heteroatoms. The van der Waals surface area contributed by atoms with Crippen molar-refractivity contribution in [2.24, 2.45) is 0 Å². The highest BCUT2D eigenvalue weighted by molar-refractivity contribution is 8.00. The smallest absolute Gasteiger partial charge is 0.310 e. The zero-order valence-electron chi connectivity index (χ0n) is 11.7. The lowest BCUT2D eigenvalue weighted by atomic mass is 9.95. The van der Waals surface area contributed by atoms with Crippen LogP contribution >= 0.6 is 11.8 Å². The number of halogens is 3. The third-order valence-electron chi connectivity index (χ3n) is 4.10. The van der Waals surface area contributed by atoms with Crippen LogP contribution < -0.4 is 10.9 Å². The standard InChI is InChI=1S/C13H16F3N3O2S/c14-13(15,16)10-9-11(17-8(20)6-22-10)19(18-12(9)21)7-4-2-1-3-5-7/h7,10H,1-6H2,(H,17,20)(H,18,21)/t10-/m1/s1. The molecule has 3 rings (SSSR count). The van der Waals surface area contributed by atoms with Crippen LogP contribution in [0, 0.1) is 0 Å². The average molecular weight is 335 g/mol. The summed E-state index contributed by atoms with van der Waals surface area (Å²) in [4.78, 5) is 23.8. The molecule has 1 aromatic rings. The number of carbonyl (C=O) groups excluding carboxylic acids is 1. The normalized spacial score (nSPS) is 23.8. The molecule has 1 aliphatic heterocycles. The Morgan fingerprint density at radius 1 is 1.14 bits per heavy atom. The molecule has 0 saturated heterocycles. The first-order valence-electron chi connectivity index (χ1n) is 7.20. The fourth-order valence-electron chi connectivity index (χ4n) is 3.12. The van der Waals surface area contributed by atoms with Gasteiger partial charge in [-0.1, -0.05) is 19.3 Å². The largest absolute Gasteiger partial charge is 0.404 e. The molecule has 0 bridgehead atoms. The zero-order chi connectivity index (χ0) is 15.9. The van der Waals surface area contributed by atoms with Gasteiger partial charge in [-0.3, -0.25) is 19.4 Å². The van der Waals surface area contributed by atoms with Gasteiger partial charge in [0.25, 0.3) is 5.56 Å². The number of amides is 1. The van der Waals surface area contributed by atoms with Gasteiger partial charge in [-0.2, -0.15) is 13.2 Å². The molecule has 22 heavy (non-hydrogen) atoms. The van der Waals surface area contributed by atoms with Crippen molar-refractivity contribution >= 4 is 23.5 Å². The van der Waals surface area contributed by atoms with Crippen LogP contribution in [-0.2, 0) is 4.79 Å². The van der Waals surface area contributed by atoms with Crippen LogP contribution in [0.15, 0.2) is 4.79 Å². The van der Waals surface area contributed by atoms with Crippen LogP contribution in [-0.4, -0.2) is 27.6 Å². The van der Waals surface area contributed by atoms with E-state index in [0.717, 1.165) is 32.1 Å². The molecule has 1 amide bonds. The maximum Gasteiger partial charge on any atom is 0.404 e. The Labute approximate surface area is 128 Å². The Morgan fingerprint density at radius 3 is 2.45 bits per heavy atom. The Morgan fingerprint density at radius 2 is 1.82 bits per heavy atom. The summed E-state index contributed by atoms with van der Waals surface area (Å²) >= 11 is 0.446. The summed E-state index contributed by atoms with van der Waals surface area (Å²) < 4.78 is 41.2. The van der Waals surface area contributed by atoms with Gasteiger partial charge in [0.15, 0.2) is 0 Å². The quantitative estimate of drug-likeness (QED) is 0.829. The van der Waals surface area contributed by atoms with E-state index in [1.165, 1.54) is 4.68 Å². The number of H-pyrrole nitrogens is 1. The predicted molar refractivity (Wildman–Crippen MR) is 77.1 cm³/mol. The molecule has 0 spiro atoms. The molecule has 1 saturated carbocycles. The summed E-state index contributed by atoms with van der Waals surface area (Å²) in [5.74, 6) is -0.834. The second-order valence-corrected chi connectivity index (χ2v) is 6.74. The van der Waals surface area contributed by atoms with Crippen molar-refractivity contribution in [3.8, 4) is 0 Å². The van der Waals surface area contributed by atoms with Crippen LogP contribution in [0.1, 0.15) is 49.0 Å². The van der Waals surface area contributed by atoms with E-state index in [1.807, 2.05) is 0 Å². The highest BCUT2D eigenvalue weighted by Gasteiger charge is 2.47. The second kappa shape index (κ2) is 5.68.